The Balaban J connectivity index is 1.95. The number of rotatable bonds is 7. The highest BCUT2D eigenvalue weighted by molar-refractivity contribution is 6.46. The first-order chi connectivity index (χ1) is 18.9. The third-order valence-corrected chi connectivity index (χ3v) is 5.69. The summed E-state index contributed by atoms with van der Waals surface area (Å²) in [4.78, 5) is 85.0. The van der Waals surface area contributed by atoms with Gasteiger partial charge in [0.1, 0.15) is 16.7 Å². The first-order valence-electron chi connectivity index (χ1n) is 11.0. The van der Waals surface area contributed by atoms with Gasteiger partial charge in [-0.25, -0.2) is 24.2 Å². The van der Waals surface area contributed by atoms with Crippen molar-refractivity contribution in [3.63, 3.8) is 0 Å². The van der Waals surface area contributed by atoms with Crippen molar-refractivity contribution >= 4 is 58.6 Å². The molecule has 1 heterocycles. The number of carboxylic acid groups (broad SMARTS) is 2. The zero-order valence-electron chi connectivity index (χ0n) is 19.8. The summed E-state index contributed by atoms with van der Waals surface area (Å²) in [6.07, 6.45) is 1.12. The third-order valence-electron chi connectivity index (χ3n) is 5.69. The smallest absolute Gasteiger partial charge is 0.343 e. The van der Waals surface area contributed by atoms with Crippen molar-refractivity contribution in [2.75, 3.05) is 9.80 Å². The molecule has 40 heavy (non-hydrogen) atoms. The zero-order valence-corrected chi connectivity index (χ0v) is 19.8. The highest BCUT2D eigenvalue weighted by atomic mass is 16.6. The number of carboxylic acids is 2. The lowest BCUT2D eigenvalue weighted by atomic mass is 10.0. The van der Waals surface area contributed by atoms with Crippen LogP contribution in [0.15, 0.2) is 72.3 Å². The average molecular weight is 546 g/mol. The molecule has 15 nitrogen and oxygen atoms in total. The van der Waals surface area contributed by atoms with Crippen molar-refractivity contribution in [2.24, 2.45) is 0 Å². The van der Waals surface area contributed by atoms with Crippen LogP contribution in [0.5, 0.6) is 0 Å². The van der Waals surface area contributed by atoms with Crippen LogP contribution in [0, 0.1) is 20.2 Å². The number of barbiturate groups is 1. The van der Waals surface area contributed by atoms with E-state index in [1.54, 1.807) is 18.2 Å². The molecule has 0 aliphatic carbocycles. The summed E-state index contributed by atoms with van der Waals surface area (Å²) in [5.41, 5.74) is -4.61. The number of hydrogen-bond donors (Lipinski definition) is 2. The summed E-state index contributed by atoms with van der Waals surface area (Å²) in [6, 6.07) is 11.3. The summed E-state index contributed by atoms with van der Waals surface area (Å²) in [5, 5.41) is 41.6. The zero-order chi connectivity index (χ0) is 29.3. The molecule has 0 unspecified atom stereocenters. The van der Waals surface area contributed by atoms with Crippen LogP contribution in [0.3, 0.4) is 0 Å². The maximum Gasteiger partial charge on any atom is 0.343 e. The van der Waals surface area contributed by atoms with E-state index in [1.165, 1.54) is 12.1 Å². The number of anilines is 2. The van der Waals surface area contributed by atoms with Gasteiger partial charge in [0.05, 0.1) is 21.2 Å². The Morgan fingerprint density at radius 1 is 0.700 bits per heavy atom. The Morgan fingerprint density at radius 3 is 1.50 bits per heavy atom. The minimum Gasteiger partial charge on any atom is -0.477 e. The topological polar surface area (TPSA) is 219 Å². The molecule has 3 aromatic rings. The molecule has 3 aromatic carbocycles. The second-order valence-electron chi connectivity index (χ2n) is 8.06. The number of urea groups is 1. The lowest BCUT2D eigenvalue weighted by molar-refractivity contribution is -0.385. The number of amides is 4. The van der Waals surface area contributed by atoms with Gasteiger partial charge in [-0.1, -0.05) is 30.3 Å². The molecule has 4 amide bonds. The van der Waals surface area contributed by atoms with E-state index < -0.39 is 79.1 Å². The number of benzene rings is 3. The number of aromatic carboxylic acids is 2. The second-order valence-corrected chi connectivity index (χ2v) is 8.06. The average Bonchev–Trinajstić information content (AvgIpc) is 2.91. The van der Waals surface area contributed by atoms with Crippen LogP contribution in [-0.2, 0) is 9.59 Å². The van der Waals surface area contributed by atoms with Gasteiger partial charge in [0.15, 0.2) is 0 Å². The quantitative estimate of drug-likeness (QED) is 0.189. The molecule has 1 fully saturated rings. The van der Waals surface area contributed by atoms with Crippen LogP contribution in [0.25, 0.3) is 6.08 Å². The van der Waals surface area contributed by atoms with Crippen molar-refractivity contribution in [1.82, 2.24) is 0 Å². The molecule has 0 radical (unpaired) electrons. The SMILES string of the molecule is O=C(O)c1ccc(N2C(=O)C(=Cc3ccccc3)C(=O)N(c3ccc(C(=O)O)c([N+](=O)[O-])c3)C2=O)cc1[N+](=O)[O-]. The molecule has 15 heteroatoms. The summed E-state index contributed by atoms with van der Waals surface area (Å²) in [5.74, 6) is -5.74. The van der Waals surface area contributed by atoms with Crippen LogP contribution in [0.4, 0.5) is 27.5 Å². The first-order valence-corrected chi connectivity index (χ1v) is 11.0. The number of nitro groups is 2. The predicted octanol–water partition coefficient (Wildman–Crippen LogP) is 3.48. The van der Waals surface area contributed by atoms with E-state index in [0.717, 1.165) is 30.3 Å². The van der Waals surface area contributed by atoms with Crippen molar-refractivity contribution in [3.05, 3.63) is 109 Å². The van der Waals surface area contributed by atoms with Crippen LogP contribution < -0.4 is 9.80 Å². The van der Waals surface area contributed by atoms with Gasteiger partial charge in [-0.15, -0.1) is 0 Å². The van der Waals surface area contributed by atoms with Gasteiger partial charge in [-0.3, -0.25) is 29.8 Å². The van der Waals surface area contributed by atoms with Crippen molar-refractivity contribution < 1.29 is 44.0 Å². The number of imide groups is 2. The summed E-state index contributed by atoms with van der Waals surface area (Å²) >= 11 is 0. The summed E-state index contributed by atoms with van der Waals surface area (Å²) < 4.78 is 0. The lowest BCUT2D eigenvalue weighted by Gasteiger charge is -2.33. The molecule has 1 aliphatic rings. The molecule has 1 aliphatic heterocycles. The van der Waals surface area contributed by atoms with Crippen LogP contribution in [0.1, 0.15) is 26.3 Å². The Kier molecular flexibility index (Phi) is 6.87. The van der Waals surface area contributed by atoms with Gasteiger partial charge in [0.2, 0.25) is 0 Å². The van der Waals surface area contributed by atoms with Crippen molar-refractivity contribution in [1.29, 1.82) is 0 Å². The number of carbonyl (C=O) groups is 5. The van der Waals surface area contributed by atoms with Crippen LogP contribution >= 0.6 is 0 Å². The van der Waals surface area contributed by atoms with E-state index >= 15 is 0 Å². The molecule has 0 spiro atoms. The normalized spacial score (nSPS) is 13.3. The number of hydrogen-bond acceptors (Lipinski definition) is 9. The van der Waals surface area contributed by atoms with Gasteiger partial charge in [-0.2, -0.15) is 0 Å². The highest BCUT2D eigenvalue weighted by Crippen LogP contribution is 2.34. The summed E-state index contributed by atoms with van der Waals surface area (Å²) in [6.45, 7) is 0. The summed E-state index contributed by atoms with van der Waals surface area (Å²) in [7, 11) is 0. The minimum absolute atomic E-state index is 0.341. The Hall–Kier alpha value is -6.25. The lowest BCUT2D eigenvalue weighted by Crippen LogP contribution is -2.57. The maximum atomic E-state index is 13.6. The highest BCUT2D eigenvalue weighted by Gasteiger charge is 2.45. The van der Waals surface area contributed by atoms with E-state index in [0.29, 0.717) is 27.5 Å². The Bertz CT molecular complexity index is 1580. The molecule has 2 N–H and O–H groups in total. The molecule has 200 valence electrons. The van der Waals surface area contributed by atoms with Gasteiger partial charge in [0, 0.05) is 12.1 Å². The number of carbonyl (C=O) groups excluding carboxylic acids is 3. The molecule has 1 saturated heterocycles. The van der Waals surface area contributed by atoms with Gasteiger partial charge < -0.3 is 10.2 Å². The molecular weight excluding hydrogens is 532 g/mol. The van der Waals surface area contributed by atoms with Crippen LogP contribution in [-0.4, -0.2) is 49.8 Å². The first kappa shape index (κ1) is 26.8. The maximum absolute atomic E-state index is 13.6. The number of nitro benzene ring substituents is 2. The third kappa shape index (κ3) is 4.72. The van der Waals surface area contributed by atoms with E-state index in [4.69, 9.17) is 0 Å². The van der Waals surface area contributed by atoms with E-state index in [9.17, 15) is 54.4 Å². The Labute approximate surface area is 222 Å². The molecule has 0 bridgehead atoms. The van der Waals surface area contributed by atoms with E-state index in [2.05, 4.69) is 0 Å². The van der Waals surface area contributed by atoms with E-state index in [1.807, 2.05) is 0 Å². The minimum atomic E-state index is -1.65. The fraction of sp³-hybridized carbons (Fsp3) is 0. The fourth-order valence-electron chi connectivity index (χ4n) is 3.88. The Morgan fingerprint density at radius 2 is 1.12 bits per heavy atom. The second kappa shape index (κ2) is 10.3. The van der Waals surface area contributed by atoms with E-state index in [-0.39, 0.29) is 0 Å². The molecular formula is C25H14N4O11. The fourth-order valence-corrected chi connectivity index (χ4v) is 3.88. The van der Waals surface area contributed by atoms with Gasteiger partial charge >= 0.3 is 18.0 Å². The molecule has 0 atom stereocenters. The van der Waals surface area contributed by atoms with Gasteiger partial charge in [0.25, 0.3) is 23.2 Å². The molecule has 0 saturated carbocycles. The monoisotopic (exact) mass is 546 g/mol. The van der Waals surface area contributed by atoms with Crippen LogP contribution in [0.2, 0.25) is 0 Å². The standard InChI is InChI=1S/C25H14N4O11/c30-21-18(10-13-4-2-1-3-5-13)22(31)27(15-7-9-17(24(34)35)20(12-15)29(39)40)25(36)26(21)14-6-8-16(23(32)33)19(11-14)28(37)38/h1-12H,(H,32,33)(H,34,35). The number of nitrogens with zero attached hydrogens (tertiary/aromatic N) is 4. The van der Waals surface area contributed by atoms with Crippen molar-refractivity contribution in [2.45, 2.75) is 0 Å². The van der Waals surface area contributed by atoms with Crippen molar-refractivity contribution in [3.8, 4) is 0 Å². The molecule has 0 aromatic heterocycles. The van der Waals surface area contributed by atoms with Gasteiger partial charge in [-0.05, 0) is 35.9 Å². The largest absolute Gasteiger partial charge is 0.477 e. The predicted molar refractivity (Wildman–Crippen MR) is 135 cm³/mol. The molecule has 4 rings (SSSR count).